The van der Waals surface area contributed by atoms with Crippen LogP contribution in [0.4, 0.5) is 11.4 Å². The van der Waals surface area contributed by atoms with Crippen LogP contribution < -0.4 is 10.2 Å². The van der Waals surface area contributed by atoms with Gasteiger partial charge in [0.2, 0.25) is 11.8 Å². The molecule has 9 heteroatoms. The Labute approximate surface area is 255 Å². The van der Waals surface area contributed by atoms with E-state index in [1.165, 1.54) is 22.6 Å². The van der Waals surface area contributed by atoms with E-state index in [4.69, 9.17) is 9.47 Å². The molecule has 2 aliphatic carbocycles. The van der Waals surface area contributed by atoms with Gasteiger partial charge in [0.15, 0.2) is 6.61 Å². The fourth-order valence-electron chi connectivity index (χ4n) is 6.97. The van der Waals surface area contributed by atoms with Gasteiger partial charge < -0.3 is 14.8 Å². The zero-order valence-electron chi connectivity index (χ0n) is 24.6. The summed E-state index contributed by atoms with van der Waals surface area (Å²) in [6, 6.07) is 22.5. The number of amides is 3. The standard InChI is InChI=1S/C35H34N2O7/c1-20(2)18-43-34(41)22-8-12-25(13-9-22)36-29(38)19-44-35(42)23-10-14-26(15-11-23)37-32(39)30-24-16-27(21-6-4-3-5-7-21)28(17-24)31(30)33(37)40/h3-15,20,24,27-28,30-31H,16-19H2,1-2H3,(H,36,38)/t24-,27+,28+,30+,31+/m0/s1. The van der Waals surface area contributed by atoms with Gasteiger partial charge in [-0.25, -0.2) is 9.59 Å². The Balaban J connectivity index is 1.03. The summed E-state index contributed by atoms with van der Waals surface area (Å²) in [5.74, 6) is -1.78. The third-order valence-corrected chi connectivity index (χ3v) is 8.89. The van der Waals surface area contributed by atoms with Crippen molar-refractivity contribution in [3.63, 3.8) is 0 Å². The molecule has 3 aliphatic rings. The van der Waals surface area contributed by atoms with E-state index in [0.717, 1.165) is 12.8 Å². The maximum absolute atomic E-state index is 13.6. The molecule has 0 aromatic heterocycles. The first-order chi connectivity index (χ1) is 21.2. The SMILES string of the molecule is CC(C)COC(=O)c1ccc(NC(=O)COC(=O)c2ccc(N3C(=O)[C@@H]4[C@@H]5C[C@@H]([C@H]4C3=O)[C@@H](c3ccccc3)C5)cc2)cc1. The molecule has 3 amide bonds. The van der Waals surface area contributed by atoms with Gasteiger partial charge in [0, 0.05) is 5.69 Å². The van der Waals surface area contributed by atoms with E-state index in [9.17, 15) is 24.0 Å². The van der Waals surface area contributed by atoms with Crippen molar-refractivity contribution in [1.29, 1.82) is 0 Å². The molecule has 9 nitrogen and oxygen atoms in total. The molecule has 3 aromatic rings. The summed E-state index contributed by atoms with van der Waals surface area (Å²) in [6.07, 6.45) is 1.82. The first-order valence-corrected chi connectivity index (χ1v) is 15.0. The molecule has 1 aliphatic heterocycles. The highest BCUT2D eigenvalue weighted by Crippen LogP contribution is 2.61. The third-order valence-electron chi connectivity index (χ3n) is 8.89. The van der Waals surface area contributed by atoms with Crippen LogP contribution in [0.3, 0.4) is 0 Å². The van der Waals surface area contributed by atoms with Crippen molar-refractivity contribution in [2.24, 2.45) is 29.6 Å². The lowest BCUT2D eigenvalue weighted by Crippen LogP contribution is -2.33. The number of carbonyl (C=O) groups is 5. The number of hydrogen-bond donors (Lipinski definition) is 1. The number of imide groups is 1. The number of anilines is 2. The number of esters is 2. The summed E-state index contributed by atoms with van der Waals surface area (Å²) in [7, 11) is 0. The highest BCUT2D eigenvalue weighted by Gasteiger charge is 2.64. The molecular weight excluding hydrogens is 560 g/mol. The Morgan fingerprint density at radius 3 is 2.07 bits per heavy atom. The van der Waals surface area contributed by atoms with Crippen molar-refractivity contribution in [3.05, 3.63) is 95.6 Å². The Morgan fingerprint density at radius 1 is 0.795 bits per heavy atom. The van der Waals surface area contributed by atoms with E-state index in [-0.39, 0.29) is 52.9 Å². The van der Waals surface area contributed by atoms with Crippen molar-refractivity contribution >= 4 is 41.0 Å². The Morgan fingerprint density at radius 2 is 1.41 bits per heavy atom. The summed E-state index contributed by atoms with van der Waals surface area (Å²) < 4.78 is 10.4. The van der Waals surface area contributed by atoms with E-state index in [0.29, 0.717) is 23.5 Å². The first-order valence-electron chi connectivity index (χ1n) is 15.0. The Hall–Kier alpha value is -4.79. The number of ether oxygens (including phenoxy) is 2. The second-order valence-corrected chi connectivity index (χ2v) is 12.2. The number of benzene rings is 3. The van der Waals surface area contributed by atoms with Crippen LogP contribution in [0.1, 0.15) is 58.9 Å². The summed E-state index contributed by atoms with van der Waals surface area (Å²) in [6.45, 7) is 3.69. The third kappa shape index (κ3) is 5.62. The van der Waals surface area contributed by atoms with Gasteiger partial charge in [0.25, 0.3) is 5.91 Å². The van der Waals surface area contributed by atoms with Gasteiger partial charge in [-0.05, 0) is 90.6 Å². The number of fused-ring (bicyclic) bond motifs is 5. The molecule has 1 heterocycles. The van der Waals surface area contributed by atoms with Crippen molar-refractivity contribution in [3.8, 4) is 0 Å². The second-order valence-electron chi connectivity index (χ2n) is 12.2. The van der Waals surface area contributed by atoms with Crippen molar-refractivity contribution in [2.45, 2.75) is 32.6 Å². The average Bonchev–Trinajstić information content (AvgIpc) is 3.70. The van der Waals surface area contributed by atoms with Crippen LogP contribution in [-0.4, -0.2) is 42.9 Å². The van der Waals surface area contributed by atoms with Crippen LogP contribution >= 0.6 is 0 Å². The van der Waals surface area contributed by atoms with Crippen LogP contribution in [-0.2, 0) is 23.9 Å². The molecule has 1 N–H and O–H groups in total. The van der Waals surface area contributed by atoms with Gasteiger partial charge in [0.1, 0.15) is 0 Å². The number of rotatable bonds is 9. The zero-order chi connectivity index (χ0) is 31.0. The zero-order valence-corrected chi connectivity index (χ0v) is 24.6. The maximum Gasteiger partial charge on any atom is 0.338 e. The Kier molecular flexibility index (Phi) is 8.03. The second kappa shape index (κ2) is 12.1. The average molecular weight is 595 g/mol. The molecule has 0 unspecified atom stereocenters. The first kappa shape index (κ1) is 29.3. The lowest BCUT2D eigenvalue weighted by atomic mass is 9.73. The molecule has 2 saturated carbocycles. The van der Waals surface area contributed by atoms with E-state index in [2.05, 4.69) is 17.4 Å². The quantitative estimate of drug-likeness (QED) is 0.266. The summed E-state index contributed by atoms with van der Waals surface area (Å²) in [5, 5.41) is 2.62. The van der Waals surface area contributed by atoms with Crippen LogP contribution in [0, 0.1) is 29.6 Å². The molecule has 1 saturated heterocycles. The van der Waals surface area contributed by atoms with Gasteiger partial charge in [-0.3, -0.25) is 19.3 Å². The summed E-state index contributed by atoms with van der Waals surface area (Å²) in [4.78, 5) is 65.3. The fraction of sp³-hybridized carbons (Fsp3) is 0.343. The number of nitrogens with zero attached hydrogens (tertiary/aromatic N) is 1. The highest BCUT2D eigenvalue weighted by molar-refractivity contribution is 6.22. The van der Waals surface area contributed by atoms with Crippen molar-refractivity contribution in [1.82, 2.24) is 0 Å². The van der Waals surface area contributed by atoms with Crippen LogP contribution in [0.2, 0.25) is 0 Å². The van der Waals surface area contributed by atoms with Gasteiger partial charge in [0.05, 0.1) is 35.3 Å². The van der Waals surface area contributed by atoms with E-state index >= 15 is 0 Å². The monoisotopic (exact) mass is 594 g/mol. The van der Waals surface area contributed by atoms with E-state index in [1.54, 1.807) is 36.4 Å². The maximum atomic E-state index is 13.6. The van der Waals surface area contributed by atoms with Crippen molar-refractivity contribution < 1.29 is 33.4 Å². The molecule has 226 valence electrons. The molecular formula is C35H34N2O7. The normalized spacial score (nSPS) is 23.5. The predicted octanol–water partition coefficient (Wildman–Crippen LogP) is 5.22. The molecule has 0 spiro atoms. The molecule has 44 heavy (non-hydrogen) atoms. The predicted molar refractivity (Wildman–Crippen MR) is 162 cm³/mol. The van der Waals surface area contributed by atoms with Gasteiger partial charge in [-0.1, -0.05) is 44.2 Å². The highest BCUT2D eigenvalue weighted by atomic mass is 16.5. The molecule has 5 atom stereocenters. The van der Waals surface area contributed by atoms with Crippen LogP contribution in [0.15, 0.2) is 78.9 Å². The number of carbonyl (C=O) groups excluding carboxylic acids is 5. The topological polar surface area (TPSA) is 119 Å². The molecule has 6 rings (SSSR count). The molecule has 0 radical (unpaired) electrons. The van der Waals surface area contributed by atoms with Gasteiger partial charge in [-0.2, -0.15) is 0 Å². The van der Waals surface area contributed by atoms with Gasteiger partial charge in [-0.15, -0.1) is 0 Å². The lowest BCUT2D eigenvalue weighted by molar-refractivity contribution is -0.123. The van der Waals surface area contributed by atoms with Crippen LogP contribution in [0.5, 0.6) is 0 Å². The largest absolute Gasteiger partial charge is 0.462 e. The smallest absolute Gasteiger partial charge is 0.338 e. The fourth-order valence-corrected chi connectivity index (χ4v) is 6.97. The minimum atomic E-state index is -0.713. The molecule has 3 aromatic carbocycles. The van der Waals surface area contributed by atoms with E-state index in [1.807, 2.05) is 32.0 Å². The number of nitrogens with one attached hydrogen (secondary N) is 1. The minimum absolute atomic E-state index is 0.151. The molecule has 2 bridgehead atoms. The van der Waals surface area contributed by atoms with Crippen LogP contribution in [0.25, 0.3) is 0 Å². The number of hydrogen-bond acceptors (Lipinski definition) is 7. The minimum Gasteiger partial charge on any atom is -0.462 e. The van der Waals surface area contributed by atoms with Gasteiger partial charge >= 0.3 is 11.9 Å². The Bertz CT molecular complexity index is 1580. The lowest BCUT2D eigenvalue weighted by Gasteiger charge is -2.28. The summed E-state index contributed by atoms with van der Waals surface area (Å²) in [5.41, 5.74) is 2.64. The van der Waals surface area contributed by atoms with Crippen molar-refractivity contribution in [2.75, 3.05) is 23.4 Å². The molecule has 3 fully saturated rings. The summed E-state index contributed by atoms with van der Waals surface area (Å²) >= 11 is 0. The van der Waals surface area contributed by atoms with E-state index < -0.39 is 24.5 Å².